The van der Waals surface area contributed by atoms with Crippen molar-refractivity contribution in [3.8, 4) is 6.07 Å². The second-order valence-electron chi connectivity index (χ2n) is 5.75. The van der Waals surface area contributed by atoms with Crippen LogP contribution < -0.4 is 9.80 Å². The summed E-state index contributed by atoms with van der Waals surface area (Å²) in [6.45, 7) is 7.76. The number of benzene rings is 1. The molecule has 4 heteroatoms. The predicted octanol–water partition coefficient (Wildman–Crippen LogP) is 2.90. The van der Waals surface area contributed by atoms with Crippen LogP contribution in [0.2, 0.25) is 0 Å². The smallest absolute Gasteiger partial charge is 0.146 e. The number of piperazine rings is 1. The van der Waals surface area contributed by atoms with Crippen LogP contribution in [-0.4, -0.2) is 31.2 Å². The van der Waals surface area contributed by atoms with Crippen LogP contribution in [0.1, 0.15) is 16.8 Å². The third-order valence-electron chi connectivity index (χ3n) is 4.08. The number of rotatable bonds is 2. The molecule has 1 aliphatic rings. The molecule has 0 spiro atoms. The number of hydrogen-bond acceptors (Lipinski definition) is 4. The van der Waals surface area contributed by atoms with Crippen molar-refractivity contribution in [3.05, 3.63) is 53.2 Å². The Bertz CT molecular complexity index is 709. The molecular weight excluding hydrogens is 272 g/mol. The lowest BCUT2D eigenvalue weighted by Gasteiger charge is -2.37. The van der Waals surface area contributed by atoms with Gasteiger partial charge in [0.2, 0.25) is 0 Å². The molecule has 0 aliphatic carbocycles. The minimum Gasteiger partial charge on any atom is -0.368 e. The van der Waals surface area contributed by atoms with Crippen molar-refractivity contribution >= 4 is 11.5 Å². The first-order valence-corrected chi connectivity index (χ1v) is 7.61. The summed E-state index contributed by atoms with van der Waals surface area (Å²) in [7, 11) is 0. The molecule has 0 amide bonds. The lowest BCUT2D eigenvalue weighted by molar-refractivity contribution is 0.646. The van der Waals surface area contributed by atoms with E-state index < -0.39 is 0 Å². The summed E-state index contributed by atoms with van der Waals surface area (Å²) in [5.41, 5.74) is 4.18. The summed E-state index contributed by atoms with van der Waals surface area (Å²) in [5.74, 6) is 0.825. The molecule has 112 valence electrons. The van der Waals surface area contributed by atoms with E-state index in [1.54, 1.807) is 0 Å². The van der Waals surface area contributed by atoms with E-state index >= 15 is 0 Å². The molecule has 0 unspecified atom stereocenters. The summed E-state index contributed by atoms with van der Waals surface area (Å²) < 4.78 is 0. The van der Waals surface area contributed by atoms with Gasteiger partial charge in [0.25, 0.3) is 0 Å². The van der Waals surface area contributed by atoms with Crippen LogP contribution in [0.3, 0.4) is 0 Å². The molecule has 3 rings (SSSR count). The Hall–Kier alpha value is -2.54. The number of pyridine rings is 1. The molecule has 2 aromatic rings. The zero-order chi connectivity index (χ0) is 15.5. The van der Waals surface area contributed by atoms with Gasteiger partial charge < -0.3 is 9.80 Å². The van der Waals surface area contributed by atoms with Crippen LogP contribution in [0.25, 0.3) is 0 Å². The van der Waals surface area contributed by atoms with Gasteiger partial charge in [-0.15, -0.1) is 0 Å². The highest BCUT2D eigenvalue weighted by atomic mass is 15.3. The molecule has 0 radical (unpaired) electrons. The quantitative estimate of drug-likeness (QED) is 0.853. The highest BCUT2D eigenvalue weighted by Gasteiger charge is 2.20. The van der Waals surface area contributed by atoms with E-state index in [0.717, 1.165) is 37.7 Å². The number of anilines is 2. The number of aryl methyl sites for hydroxylation is 2. The average Bonchev–Trinajstić information content (AvgIpc) is 2.55. The van der Waals surface area contributed by atoms with Crippen molar-refractivity contribution in [2.24, 2.45) is 0 Å². The first-order valence-electron chi connectivity index (χ1n) is 7.61. The van der Waals surface area contributed by atoms with E-state index in [-0.39, 0.29) is 0 Å². The van der Waals surface area contributed by atoms with Gasteiger partial charge in [-0.3, -0.25) is 0 Å². The molecule has 0 atom stereocenters. The van der Waals surface area contributed by atoms with E-state index in [2.05, 4.69) is 52.0 Å². The number of nitrogens with zero attached hydrogens (tertiary/aromatic N) is 4. The zero-order valence-corrected chi connectivity index (χ0v) is 13.1. The monoisotopic (exact) mass is 292 g/mol. The Morgan fingerprint density at radius 1 is 1.00 bits per heavy atom. The molecule has 0 bridgehead atoms. The van der Waals surface area contributed by atoms with Gasteiger partial charge >= 0.3 is 0 Å². The Balaban J connectivity index is 1.75. The molecule has 1 fully saturated rings. The Morgan fingerprint density at radius 3 is 2.41 bits per heavy atom. The third kappa shape index (κ3) is 2.89. The second kappa shape index (κ2) is 6.07. The average molecular weight is 292 g/mol. The first-order chi connectivity index (χ1) is 10.7. The molecule has 0 saturated carbocycles. The molecule has 2 heterocycles. The van der Waals surface area contributed by atoms with Crippen molar-refractivity contribution in [1.82, 2.24) is 4.98 Å². The van der Waals surface area contributed by atoms with E-state index in [9.17, 15) is 5.26 Å². The van der Waals surface area contributed by atoms with Crippen molar-refractivity contribution in [2.45, 2.75) is 13.8 Å². The normalized spacial score (nSPS) is 14.8. The standard InChI is InChI=1S/C18H20N4/c1-14-4-3-5-17(12-14)21-8-10-22(11-9-21)18-16(13-19)7-6-15(2)20-18/h3-7,12H,8-11H2,1-2H3. The summed E-state index contributed by atoms with van der Waals surface area (Å²) in [6.07, 6.45) is 0. The van der Waals surface area contributed by atoms with Crippen molar-refractivity contribution in [1.29, 1.82) is 5.26 Å². The highest BCUT2D eigenvalue weighted by Crippen LogP contribution is 2.22. The SMILES string of the molecule is Cc1cccc(N2CCN(c3nc(C)ccc3C#N)CC2)c1. The largest absolute Gasteiger partial charge is 0.368 e. The lowest BCUT2D eigenvalue weighted by atomic mass is 10.1. The maximum Gasteiger partial charge on any atom is 0.146 e. The van der Waals surface area contributed by atoms with Crippen molar-refractivity contribution < 1.29 is 0 Å². The van der Waals surface area contributed by atoms with Crippen LogP contribution in [0.4, 0.5) is 11.5 Å². The van der Waals surface area contributed by atoms with E-state index in [0.29, 0.717) is 5.56 Å². The molecule has 22 heavy (non-hydrogen) atoms. The first kappa shape index (κ1) is 14.4. The number of aromatic nitrogens is 1. The van der Waals surface area contributed by atoms with Crippen LogP contribution in [-0.2, 0) is 0 Å². The fourth-order valence-electron chi connectivity index (χ4n) is 2.87. The van der Waals surface area contributed by atoms with Crippen molar-refractivity contribution in [2.75, 3.05) is 36.0 Å². The van der Waals surface area contributed by atoms with Gasteiger partial charge in [0.1, 0.15) is 11.9 Å². The topological polar surface area (TPSA) is 43.2 Å². The molecule has 0 N–H and O–H groups in total. The van der Waals surface area contributed by atoms with E-state index in [4.69, 9.17) is 0 Å². The third-order valence-corrected chi connectivity index (χ3v) is 4.08. The van der Waals surface area contributed by atoms with E-state index in [1.807, 2.05) is 19.1 Å². The lowest BCUT2D eigenvalue weighted by Crippen LogP contribution is -2.47. The molecule has 1 saturated heterocycles. The Labute approximate surface area is 131 Å². The summed E-state index contributed by atoms with van der Waals surface area (Å²) >= 11 is 0. The summed E-state index contributed by atoms with van der Waals surface area (Å²) in [4.78, 5) is 9.18. The predicted molar refractivity (Wildman–Crippen MR) is 89.3 cm³/mol. The van der Waals surface area contributed by atoms with Crippen LogP contribution in [0.5, 0.6) is 0 Å². The van der Waals surface area contributed by atoms with Gasteiger partial charge in [-0.2, -0.15) is 5.26 Å². The van der Waals surface area contributed by atoms with Crippen molar-refractivity contribution in [3.63, 3.8) is 0 Å². The Morgan fingerprint density at radius 2 is 1.73 bits per heavy atom. The molecule has 1 aliphatic heterocycles. The molecule has 1 aromatic heterocycles. The fourth-order valence-corrected chi connectivity index (χ4v) is 2.87. The van der Waals surface area contributed by atoms with Crippen LogP contribution in [0, 0.1) is 25.2 Å². The van der Waals surface area contributed by atoms with Gasteiger partial charge in [0.05, 0.1) is 5.56 Å². The molecule has 4 nitrogen and oxygen atoms in total. The maximum absolute atomic E-state index is 9.27. The fraction of sp³-hybridized carbons (Fsp3) is 0.333. The number of hydrogen-bond donors (Lipinski definition) is 0. The van der Waals surface area contributed by atoms with Gasteiger partial charge in [0.15, 0.2) is 0 Å². The van der Waals surface area contributed by atoms with Gasteiger partial charge in [-0.1, -0.05) is 12.1 Å². The molecule has 1 aromatic carbocycles. The second-order valence-corrected chi connectivity index (χ2v) is 5.75. The van der Waals surface area contributed by atoms with E-state index in [1.165, 1.54) is 11.3 Å². The summed E-state index contributed by atoms with van der Waals surface area (Å²) in [5, 5.41) is 9.27. The van der Waals surface area contributed by atoms with Gasteiger partial charge in [0, 0.05) is 37.6 Å². The highest BCUT2D eigenvalue weighted by molar-refractivity contribution is 5.56. The summed E-state index contributed by atoms with van der Waals surface area (Å²) in [6, 6.07) is 14.6. The minimum atomic E-state index is 0.662. The van der Waals surface area contributed by atoms with Gasteiger partial charge in [-0.25, -0.2) is 4.98 Å². The van der Waals surface area contributed by atoms with Crippen LogP contribution >= 0.6 is 0 Å². The zero-order valence-electron chi connectivity index (χ0n) is 13.1. The number of nitriles is 1. The minimum absolute atomic E-state index is 0.662. The van der Waals surface area contributed by atoms with Gasteiger partial charge in [-0.05, 0) is 43.7 Å². The molecular formula is C18H20N4. The Kier molecular flexibility index (Phi) is 3.97. The van der Waals surface area contributed by atoms with Crippen LogP contribution in [0.15, 0.2) is 36.4 Å². The maximum atomic E-state index is 9.27.